The number of fused-ring (bicyclic) bond motifs is 4. The summed E-state index contributed by atoms with van der Waals surface area (Å²) in [5.74, 6) is 0.766. The second-order valence-electron chi connectivity index (χ2n) is 11.8. The monoisotopic (exact) mass is 566 g/mol. The molecule has 8 rings (SSSR count). The van der Waals surface area contributed by atoms with Gasteiger partial charge in [-0.3, -0.25) is 0 Å². The van der Waals surface area contributed by atoms with E-state index in [0.717, 1.165) is 28.3 Å². The molecule has 43 heavy (non-hydrogen) atoms. The van der Waals surface area contributed by atoms with Crippen LogP contribution in [0.1, 0.15) is 0 Å². The number of rotatable bonds is 4. The predicted octanol–water partition coefficient (Wildman–Crippen LogP) is 9.10. The zero-order chi connectivity index (χ0) is 29.0. The molecule has 0 N–H and O–H groups in total. The Morgan fingerprint density at radius 1 is 0.442 bits per heavy atom. The molecule has 0 fully saturated rings. The van der Waals surface area contributed by atoms with E-state index >= 15 is 0 Å². The molecule has 1 aliphatic rings. The largest absolute Gasteiger partial charge is 0.228 e. The molecule has 1 aromatic heterocycles. The van der Waals surface area contributed by atoms with Crippen LogP contribution in [0.5, 0.6) is 0 Å². The van der Waals surface area contributed by atoms with Gasteiger partial charge in [-0.05, 0) is 61.1 Å². The lowest BCUT2D eigenvalue weighted by atomic mass is 9.96. The summed E-state index contributed by atoms with van der Waals surface area (Å²) in [5.41, 5.74) is 10.4. The van der Waals surface area contributed by atoms with Gasteiger partial charge in [0.25, 0.3) is 0 Å². The normalized spacial score (nSPS) is 13.1. The molecule has 0 atom stereocenters. The van der Waals surface area contributed by atoms with Crippen molar-refractivity contribution in [1.29, 1.82) is 0 Å². The Morgan fingerprint density at radius 3 is 1.91 bits per heavy atom. The summed E-state index contributed by atoms with van der Waals surface area (Å²) in [4.78, 5) is 10.8. The van der Waals surface area contributed by atoms with Gasteiger partial charge in [0.05, 0.1) is 11.4 Å². The van der Waals surface area contributed by atoms with Crippen molar-refractivity contribution in [1.82, 2.24) is 9.97 Å². The van der Waals surface area contributed by atoms with E-state index in [9.17, 15) is 0 Å². The van der Waals surface area contributed by atoms with E-state index in [4.69, 9.17) is 9.97 Å². The van der Waals surface area contributed by atoms with Crippen molar-refractivity contribution in [2.24, 2.45) is 0 Å². The van der Waals surface area contributed by atoms with Crippen molar-refractivity contribution >= 4 is 29.2 Å². The van der Waals surface area contributed by atoms with Crippen LogP contribution < -0.4 is 10.4 Å². The molecule has 0 unspecified atom stereocenters. The molecule has 1 aliphatic heterocycles. The SMILES string of the molecule is C[Si]1(C)c2ccccc2-c2nc(-c3cccc(-c4cccc5ccccc45)c3)nc(-c3cccc(-c4ccccc4)c3)c21. The fourth-order valence-corrected chi connectivity index (χ4v) is 9.97. The van der Waals surface area contributed by atoms with Crippen LogP contribution in [0.2, 0.25) is 13.1 Å². The van der Waals surface area contributed by atoms with Crippen molar-refractivity contribution in [3.63, 3.8) is 0 Å². The molecule has 2 nitrogen and oxygen atoms in total. The highest BCUT2D eigenvalue weighted by Gasteiger charge is 2.41. The van der Waals surface area contributed by atoms with Gasteiger partial charge in [-0.25, -0.2) is 9.97 Å². The predicted molar refractivity (Wildman–Crippen MR) is 183 cm³/mol. The zero-order valence-electron chi connectivity index (χ0n) is 24.3. The van der Waals surface area contributed by atoms with Gasteiger partial charge in [0, 0.05) is 11.1 Å². The van der Waals surface area contributed by atoms with Crippen LogP contribution in [0.3, 0.4) is 0 Å². The minimum atomic E-state index is -2.05. The summed E-state index contributed by atoms with van der Waals surface area (Å²) in [7, 11) is -2.05. The van der Waals surface area contributed by atoms with E-state index in [1.807, 2.05) is 0 Å². The van der Waals surface area contributed by atoms with Crippen LogP contribution in [-0.4, -0.2) is 18.0 Å². The van der Waals surface area contributed by atoms with Crippen LogP contribution >= 0.6 is 0 Å². The van der Waals surface area contributed by atoms with E-state index in [2.05, 4.69) is 159 Å². The zero-order valence-corrected chi connectivity index (χ0v) is 25.3. The molecule has 7 aromatic rings. The highest BCUT2D eigenvalue weighted by atomic mass is 28.3. The second kappa shape index (κ2) is 10.0. The lowest BCUT2D eigenvalue weighted by molar-refractivity contribution is 1.20. The quantitative estimate of drug-likeness (QED) is 0.199. The minimum Gasteiger partial charge on any atom is -0.228 e. The fourth-order valence-electron chi connectivity index (χ4n) is 6.73. The Hall–Kier alpha value is -5.12. The first-order valence-corrected chi connectivity index (χ1v) is 17.8. The molecule has 0 saturated carbocycles. The van der Waals surface area contributed by atoms with Crippen molar-refractivity contribution in [3.8, 4) is 56.2 Å². The standard InChI is InChI=1S/C40H30N2Si/c1-43(2)36-24-9-8-22-35(36)38-39(43)37(31-19-10-17-29(25-31)27-13-4-3-5-14-27)41-40(42-38)32-20-11-18-30(26-32)34-23-12-16-28-15-6-7-21-33(28)34/h3-26H,1-2H3. The van der Waals surface area contributed by atoms with E-state index in [-0.39, 0.29) is 0 Å². The number of benzene rings is 6. The van der Waals surface area contributed by atoms with E-state index in [1.54, 1.807) is 0 Å². The van der Waals surface area contributed by atoms with E-state index < -0.39 is 8.07 Å². The average Bonchev–Trinajstić information content (AvgIpc) is 3.31. The molecule has 0 amide bonds. The van der Waals surface area contributed by atoms with Gasteiger partial charge in [-0.15, -0.1) is 0 Å². The smallest absolute Gasteiger partial charge is 0.160 e. The molecule has 3 heteroatoms. The maximum absolute atomic E-state index is 5.42. The molecular weight excluding hydrogens is 537 g/mol. The van der Waals surface area contributed by atoms with Gasteiger partial charge in [0.1, 0.15) is 8.07 Å². The van der Waals surface area contributed by atoms with Gasteiger partial charge >= 0.3 is 0 Å². The Morgan fingerprint density at radius 2 is 1.02 bits per heavy atom. The average molecular weight is 567 g/mol. The fraction of sp³-hybridized carbons (Fsp3) is 0.0500. The van der Waals surface area contributed by atoms with Crippen molar-refractivity contribution in [3.05, 3.63) is 146 Å². The number of hydrogen-bond donors (Lipinski definition) is 0. The van der Waals surface area contributed by atoms with Crippen molar-refractivity contribution in [2.75, 3.05) is 0 Å². The summed E-state index contributed by atoms with van der Waals surface area (Å²) < 4.78 is 0. The third-order valence-corrected chi connectivity index (χ3v) is 12.4. The molecule has 0 bridgehead atoms. The third kappa shape index (κ3) is 4.24. The second-order valence-corrected chi connectivity index (χ2v) is 16.1. The van der Waals surface area contributed by atoms with Gasteiger partial charge in [-0.1, -0.05) is 147 Å². The number of hydrogen-bond acceptors (Lipinski definition) is 2. The van der Waals surface area contributed by atoms with Gasteiger partial charge < -0.3 is 0 Å². The topological polar surface area (TPSA) is 25.8 Å². The molecule has 2 heterocycles. The van der Waals surface area contributed by atoms with E-state index in [0.29, 0.717) is 0 Å². The van der Waals surface area contributed by atoms with Crippen LogP contribution in [-0.2, 0) is 0 Å². The Balaban J connectivity index is 1.35. The summed E-state index contributed by atoms with van der Waals surface area (Å²) >= 11 is 0. The highest BCUT2D eigenvalue weighted by Crippen LogP contribution is 2.36. The first kappa shape index (κ1) is 25.6. The Bertz CT molecular complexity index is 2160. The van der Waals surface area contributed by atoms with Crippen molar-refractivity contribution in [2.45, 2.75) is 13.1 Å². The molecule has 0 spiro atoms. The van der Waals surface area contributed by atoms with Crippen LogP contribution in [0.4, 0.5) is 0 Å². The maximum Gasteiger partial charge on any atom is 0.160 e. The molecular formula is C40H30N2Si. The Labute approximate surface area is 253 Å². The number of aromatic nitrogens is 2. The van der Waals surface area contributed by atoms with Gasteiger partial charge in [0.2, 0.25) is 0 Å². The van der Waals surface area contributed by atoms with Crippen molar-refractivity contribution < 1.29 is 0 Å². The van der Waals surface area contributed by atoms with Crippen LogP contribution in [0.25, 0.3) is 66.9 Å². The summed E-state index contributed by atoms with van der Waals surface area (Å²) in [6, 6.07) is 52.1. The summed E-state index contributed by atoms with van der Waals surface area (Å²) in [5, 5.41) is 5.25. The summed E-state index contributed by atoms with van der Waals surface area (Å²) in [6.07, 6.45) is 0. The molecule has 6 aromatic carbocycles. The van der Waals surface area contributed by atoms with Gasteiger partial charge in [-0.2, -0.15) is 0 Å². The molecule has 0 saturated heterocycles. The number of nitrogens with zero attached hydrogens (tertiary/aromatic N) is 2. The Kier molecular flexibility index (Phi) is 5.95. The molecule has 0 radical (unpaired) electrons. The molecule has 0 aliphatic carbocycles. The van der Waals surface area contributed by atoms with Crippen LogP contribution in [0.15, 0.2) is 146 Å². The summed E-state index contributed by atoms with van der Waals surface area (Å²) in [6.45, 7) is 4.87. The first-order valence-electron chi connectivity index (χ1n) is 14.8. The first-order chi connectivity index (χ1) is 21.1. The lowest BCUT2D eigenvalue weighted by Crippen LogP contribution is -2.50. The highest BCUT2D eigenvalue weighted by molar-refractivity contribution is 7.04. The lowest BCUT2D eigenvalue weighted by Gasteiger charge is -2.22. The van der Waals surface area contributed by atoms with Crippen LogP contribution in [0, 0.1) is 0 Å². The minimum absolute atomic E-state index is 0.766. The van der Waals surface area contributed by atoms with Gasteiger partial charge in [0.15, 0.2) is 5.82 Å². The maximum atomic E-state index is 5.42. The third-order valence-electron chi connectivity index (χ3n) is 8.85. The van der Waals surface area contributed by atoms with E-state index in [1.165, 1.54) is 49.0 Å². The molecule has 204 valence electrons.